The second kappa shape index (κ2) is 6.93. The minimum atomic E-state index is 0.0181. The predicted octanol–water partition coefficient (Wildman–Crippen LogP) is 1.55. The van der Waals surface area contributed by atoms with Crippen LogP contribution in [0.25, 0.3) is 0 Å². The molecule has 2 heterocycles. The van der Waals surface area contributed by atoms with Gasteiger partial charge in [0.2, 0.25) is 0 Å². The summed E-state index contributed by atoms with van der Waals surface area (Å²) in [6.07, 6.45) is 1.01. The van der Waals surface area contributed by atoms with Crippen molar-refractivity contribution in [1.29, 1.82) is 0 Å². The minimum absolute atomic E-state index is 0.0181. The van der Waals surface area contributed by atoms with Crippen molar-refractivity contribution < 1.29 is 14.1 Å². The molecule has 21 heavy (non-hydrogen) atoms. The first-order chi connectivity index (χ1) is 9.95. The first kappa shape index (κ1) is 15.8. The number of ether oxygens (including phenoxy) is 1. The Labute approximate surface area is 126 Å². The molecule has 0 bridgehead atoms. The van der Waals surface area contributed by atoms with Gasteiger partial charge in [0, 0.05) is 31.7 Å². The van der Waals surface area contributed by atoms with Crippen LogP contribution in [0.2, 0.25) is 0 Å². The topological polar surface area (TPSA) is 58.8 Å². The highest BCUT2D eigenvalue weighted by Crippen LogP contribution is 2.17. The van der Waals surface area contributed by atoms with Crippen molar-refractivity contribution in [3.8, 4) is 5.88 Å². The average molecular weight is 295 g/mol. The summed E-state index contributed by atoms with van der Waals surface area (Å²) in [6.45, 7) is 8.77. The Bertz CT molecular complexity index is 470. The van der Waals surface area contributed by atoms with Gasteiger partial charge in [0.1, 0.15) is 5.76 Å². The predicted molar refractivity (Wildman–Crippen MR) is 79.2 cm³/mol. The Hall–Kier alpha value is -1.56. The molecular weight excluding hydrogens is 270 g/mol. The van der Waals surface area contributed by atoms with Gasteiger partial charge in [-0.1, -0.05) is 13.8 Å². The summed E-state index contributed by atoms with van der Waals surface area (Å²) < 4.78 is 10.3. The van der Waals surface area contributed by atoms with Crippen molar-refractivity contribution >= 4 is 5.91 Å². The lowest BCUT2D eigenvalue weighted by molar-refractivity contribution is -0.138. The third kappa shape index (κ3) is 4.46. The second-order valence-electron chi connectivity index (χ2n) is 6.20. The molecule has 1 saturated heterocycles. The Balaban J connectivity index is 1.92. The first-order valence-corrected chi connectivity index (χ1v) is 7.50. The van der Waals surface area contributed by atoms with Gasteiger partial charge in [-0.15, -0.1) is 0 Å². The van der Waals surface area contributed by atoms with Gasteiger partial charge in [0.25, 0.3) is 11.8 Å². The fourth-order valence-electron chi connectivity index (χ4n) is 2.72. The second-order valence-corrected chi connectivity index (χ2v) is 6.20. The summed E-state index contributed by atoms with van der Waals surface area (Å²) in [7, 11) is 2.10. The smallest absolute Gasteiger partial charge is 0.260 e. The zero-order chi connectivity index (χ0) is 15.4. The van der Waals surface area contributed by atoms with E-state index in [1.165, 1.54) is 0 Å². The van der Waals surface area contributed by atoms with Crippen molar-refractivity contribution in [3.63, 3.8) is 0 Å². The van der Waals surface area contributed by atoms with E-state index >= 15 is 0 Å². The van der Waals surface area contributed by atoms with Crippen LogP contribution in [0, 0.1) is 12.8 Å². The zero-order valence-corrected chi connectivity index (χ0v) is 13.3. The molecule has 1 amide bonds. The number of rotatable bonds is 5. The molecule has 1 aliphatic heterocycles. The Morgan fingerprint density at radius 1 is 1.52 bits per heavy atom. The summed E-state index contributed by atoms with van der Waals surface area (Å²) >= 11 is 0. The van der Waals surface area contributed by atoms with Crippen LogP contribution < -0.4 is 4.74 Å². The summed E-state index contributed by atoms with van der Waals surface area (Å²) in [5.74, 6) is 1.63. The molecule has 0 spiro atoms. The van der Waals surface area contributed by atoms with E-state index in [0.29, 0.717) is 17.6 Å². The molecule has 0 N–H and O–H groups in total. The lowest BCUT2D eigenvalue weighted by atomic mass is 10.00. The number of carbonyl (C=O) groups is 1. The molecule has 0 saturated carbocycles. The molecule has 1 unspecified atom stereocenters. The Morgan fingerprint density at radius 3 is 2.90 bits per heavy atom. The number of likely N-dealkylation sites (N-methyl/N-ethyl adjacent to an activating group) is 1. The zero-order valence-electron chi connectivity index (χ0n) is 13.3. The number of amides is 1. The van der Waals surface area contributed by atoms with Crippen molar-refractivity contribution in [2.75, 3.05) is 33.3 Å². The van der Waals surface area contributed by atoms with Gasteiger partial charge in [0.15, 0.2) is 6.61 Å². The molecule has 1 aromatic rings. The maximum atomic E-state index is 12.4. The highest BCUT2D eigenvalue weighted by Gasteiger charge is 2.29. The molecule has 0 radical (unpaired) electrons. The van der Waals surface area contributed by atoms with Crippen LogP contribution in [0.3, 0.4) is 0 Å². The monoisotopic (exact) mass is 295 g/mol. The van der Waals surface area contributed by atoms with Crippen molar-refractivity contribution in [2.24, 2.45) is 5.92 Å². The molecule has 6 nitrogen and oxygen atoms in total. The van der Waals surface area contributed by atoms with Crippen LogP contribution >= 0.6 is 0 Å². The van der Waals surface area contributed by atoms with Crippen LogP contribution in [0.5, 0.6) is 5.88 Å². The van der Waals surface area contributed by atoms with Crippen molar-refractivity contribution in [1.82, 2.24) is 15.0 Å². The normalized spacial score (nSPS) is 20.0. The van der Waals surface area contributed by atoms with Gasteiger partial charge < -0.3 is 19.1 Å². The molecule has 1 aromatic heterocycles. The van der Waals surface area contributed by atoms with Gasteiger partial charge in [0.05, 0.1) is 0 Å². The van der Waals surface area contributed by atoms with Gasteiger partial charge in [-0.25, -0.2) is 0 Å². The van der Waals surface area contributed by atoms with E-state index in [1.54, 1.807) is 13.0 Å². The number of aryl methyl sites for hydroxylation is 1. The lowest BCUT2D eigenvalue weighted by Gasteiger charge is -2.40. The summed E-state index contributed by atoms with van der Waals surface area (Å²) in [6, 6.07) is 1.95. The molecule has 2 rings (SSSR count). The number of hydrogen-bond acceptors (Lipinski definition) is 5. The van der Waals surface area contributed by atoms with Gasteiger partial charge in [-0.05, 0) is 31.5 Å². The summed E-state index contributed by atoms with van der Waals surface area (Å²) in [5, 5.41) is 3.74. The van der Waals surface area contributed by atoms with E-state index < -0.39 is 0 Å². The fraction of sp³-hybridized carbons (Fsp3) is 0.733. The van der Waals surface area contributed by atoms with Crippen LogP contribution in [0.15, 0.2) is 10.6 Å². The van der Waals surface area contributed by atoms with E-state index in [4.69, 9.17) is 9.26 Å². The number of aromatic nitrogens is 1. The van der Waals surface area contributed by atoms with Crippen LogP contribution in [-0.4, -0.2) is 60.2 Å². The average Bonchev–Trinajstić information content (AvgIpc) is 2.81. The van der Waals surface area contributed by atoms with Gasteiger partial charge in [-0.3, -0.25) is 4.79 Å². The molecule has 1 aliphatic rings. The summed E-state index contributed by atoms with van der Waals surface area (Å²) in [4.78, 5) is 16.6. The van der Waals surface area contributed by atoms with Crippen LogP contribution in [0.4, 0.5) is 0 Å². The molecule has 118 valence electrons. The van der Waals surface area contributed by atoms with E-state index in [0.717, 1.165) is 26.1 Å². The largest absolute Gasteiger partial charge is 0.465 e. The van der Waals surface area contributed by atoms with Gasteiger partial charge in [-0.2, -0.15) is 0 Å². The van der Waals surface area contributed by atoms with Crippen LogP contribution in [0.1, 0.15) is 26.0 Å². The lowest BCUT2D eigenvalue weighted by Crippen LogP contribution is -2.55. The van der Waals surface area contributed by atoms with E-state index in [-0.39, 0.29) is 18.6 Å². The molecule has 6 heteroatoms. The SMILES string of the molecule is Cc1cc(OCC(=O)N2CCN(C)CC2CC(C)C)no1. The molecule has 0 aromatic carbocycles. The molecule has 0 aliphatic carbocycles. The number of carbonyl (C=O) groups excluding carboxylic acids is 1. The van der Waals surface area contributed by atoms with E-state index in [1.807, 2.05) is 4.90 Å². The van der Waals surface area contributed by atoms with Crippen LogP contribution in [-0.2, 0) is 4.79 Å². The maximum absolute atomic E-state index is 12.4. The highest BCUT2D eigenvalue weighted by atomic mass is 16.5. The third-order valence-corrected chi connectivity index (χ3v) is 3.70. The number of piperazine rings is 1. The minimum Gasteiger partial charge on any atom is -0.465 e. The molecule has 1 fully saturated rings. The van der Waals surface area contributed by atoms with Crippen molar-refractivity contribution in [3.05, 3.63) is 11.8 Å². The summed E-state index contributed by atoms with van der Waals surface area (Å²) in [5.41, 5.74) is 0. The third-order valence-electron chi connectivity index (χ3n) is 3.70. The number of nitrogens with zero attached hydrogens (tertiary/aromatic N) is 3. The Morgan fingerprint density at radius 2 is 2.29 bits per heavy atom. The first-order valence-electron chi connectivity index (χ1n) is 7.50. The standard InChI is InChI=1S/C15H25N3O3/c1-11(2)7-13-9-17(4)5-6-18(13)15(19)10-20-14-8-12(3)21-16-14/h8,11,13H,5-7,9-10H2,1-4H3. The van der Waals surface area contributed by atoms with E-state index in [9.17, 15) is 4.79 Å². The number of hydrogen-bond donors (Lipinski definition) is 0. The fourth-order valence-corrected chi connectivity index (χ4v) is 2.72. The maximum Gasteiger partial charge on any atom is 0.260 e. The van der Waals surface area contributed by atoms with E-state index in [2.05, 4.69) is 31.0 Å². The molecule has 1 atom stereocenters. The molecular formula is C15H25N3O3. The Kier molecular flexibility index (Phi) is 5.22. The van der Waals surface area contributed by atoms with Gasteiger partial charge >= 0.3 is 0 Å². The quantitative estimate of drug-likeness (QED) is 0.825. The highest BCUT2D eigenvalue weighted by molar-refractivity contribution is 5.78. The van der Waals surface area contributed by atoms with Crippen molar-refractivity contribution in [2.45, 2.75) is 33.2 Å².